The molecule has 1 atom stereocenters. The SMILES string of the molecule is CCCCC1(C(=O)NC(CC)c2nnc(-c3cccc([N+](=O)[O-])c3)[nH]c2=O)CCCCC1. The van der Waals surface area contributed by atoms with Gasteiger partial charge in [0.25, 0.3) is 11.2 Å². The highest BCUT2D eigenvalue weighted by atomic mass is 16.6. The normalized spacial score (nSPS) is 16.3. The van der Waals surface area contributed by atoms with Crippen LogP contribution in [0.15, 0.2) is 29.1 Å². The number of hydrogen-bond donors (Lipinski definition) is 2. The summed E-state index contributed by atoms with van der Waals surface area (Å²) < 4.78 is 0. The lowest BCUT2D eigenvalue weighted by atomic mass is 9.70. The van der Waals surface area contributed by atoms with Gasteiger partial charge in [0.1, 0.15) is 0 Å². The van der Waals surface area contributed by atoms with E-state index in [0.717, 1.165) is 51.4 Å². The first-order chi connectivity index (χ1) is 15.4. The van der Waals surface area contributed by atoms with Crippen molar-refractivity contribution in [2.24, 2.45) is 5.41 Å². The Hall–Kier alpha value is -3.10. The third-order valence-electron chi connectivity index (χ3n) is 6.40. The lowest BCUT2D eigenvalue weighted by molar-refractivity contribution is -0.384. The molecule has 0 radical (unpaired) electrons. The van der Waals surface area contributed by atoms with E-state index in [0.29, 0.717) is 12.0 Å². The number of nitrogens with zero attached hydrogens (tertiary/aromatic N) is 3. The summed E-state index contributed by atoms with van der Waals surface area (Å²) in [5.74, 6) is 0.150. The van der Waals surface area contributed by atoms with Gasteiger partial charge >= 0.3 is 0 Å². The Morgan fingerprint density at radius 2 is 2.00 bits per heavy atom. The van der Waals surface area contributed by atoms with Crippen molar-refractivity contribution >= 4 is 11.6 Å². The van der Waals surface area contributed by atoms with E-state index in [1.807, 2.05) is 6.92 Å². The highest BCUT2D eigenvalue weighted by Crippen LogP contribution is 2.41. The molecule has 3 rings (SSSR count). The van der Waals surface area contributed by atoms with Crippen LogP contribution in [0.1, 0.15) is 83.4 Å². The van der Waals surface area contributed by atoms with E-state index in [2.05, 4.69) is 27.4 Å². The Labute approximate surface area is 187 Å². The molecular formula is C23H31N5O4. The molecule has 1 unspecified atom stereocenters. The molecule has 1 aromatic heterocycles. The minimum Gasteiger partial charge on any atom is -0.347 e. The number of nitrogens with one attached hydrogen (secondary N) is 2. The Balaban J connectivity index is 1.82. The Kier molecular flexibility index (Phi) is 7.71. The molecule has 0 saturated heterocycles. The summed E-state index contributed by atoms with van der Waals surface area (Å²) in [6.07, 6.45) is 8.41. The van der Waals surface area contributed by atoms with E-state index in [1.54, 1.807) is 6.07 Å². The number of aromatic nitrogens is 3. The van der Waals surface area contributed by atoms with Gasteiger partial charge in [-0.15, -0.1) is 10.2 Å². The molecule has 0 spiro atoms. The number of hydrogen-bond acceptors (Lipinski definition) is 6. The molecule has 32 heavy (non-hydrogen) atoms. The molecule has 1 heterocycles. The second kappa shape index (κ2) is 10.5. The van der Waals surface area contributed by atoms with Crippen molar-refractivity contribution in [1.29, 1.82) is 0 Å². The lowest BCUT2D eigenvalue weighted by Gasteiger charge is -2.37. The second-order valence-corrected chi connectivity index (χ2v) is 8.57. The van der Waals surface area contributed by atoms with E-state index in [4.69, 9.17) is 0 Å². The van der Waals surface area contributed by atoms with Crippen LogP contribution in [0, 0.1) is 15.5 Å². The summed E-state index contributed by atoms with van der Waals surface area (Å²) in [6.45, 7) is 4.02. The van der Waals surface area contributed by atoms with Crippen LogP contribution in [0.4, 0.5) is 5.69 Å². The van der Waals surface area contributed by atoms with Crippen LogP contribution < -0.4 is 10.9 Å². The van der Waals surface area contributed by atoms with Crippen LogP contribution in [0.2, 0.25) is 0 Å². The second-order valence-electron chi connectivity index (χ2n) is 8.57. The number of nitro benzene ring substituents is 1. The number of non-ortho nitro benzene ring substituents is 1. The topological polar surface area (TPSA) is 131 Å². The van der Waals surface area contributed by atoms with Gasteiger partial charge in [-0.1, -0.05) is 58.1 Å². The zero-order valence-electron chi connectivity index (χ0n) is 18.7. The first-order valence-corrected chi connectivity index (χ1v) is 11.4. The number of unbranched alkanes of at least 4 members (excludes halogenated alkanes) is 1. The highest BCUT2D eigenvalue weighted by Gasteiger charge is 2.39. The van der Waals surface area contributed by atoms with Crippen molar-refractivity contribution in [3.8, 4) is 11.4 Å². The van der Waals surface area contributed by atoms with Gasteiger partial charge in [0.2, 0.25) is 5.91 Å². The molecule has 9 heteroatoms. The highest BCUT2D eigenvalue weighted by molar-refractivity contribution is 5.83. The van der Waals surface area contributed by atoms with Crippen molar-refractivity contribution in [2.75, 3.05) is 0 Å². The maximum absolute atomic E-state index is 13.3. The van der Waals surface area contributed by atoms with Crippen LogP contribution in [0.25, 0.3) is 11.4 Å². The molecule has 1 aliphatic rings. The maximum Gasteiger partial charge on any atom is 0.275 e. The van der Waals surface area contributed by atoms with Gasteiger partial charge in [-0.05, 0) is 25.7 Å². The quantitative estimate of drug-likeness (QED) is 0.437. The molecule has 9 nitrogen and oxygen atoms in total. The molecule has 172 valence electrons. The zero-order chi connectivity index (χ0) is 23.1. The molecule has 2 aromatic rings. The number of aromatic amines is 1. The van der Waals surface area contributed by atoms with Gasteiger partial charge in [0.05, 0.1) is 11.0 Å². The van der Waals surface area contributed by atoms with E-state index >= 15 is 0 Å². The van der Waals surface area contributed by atoms with E-state index in [9.17, 15) is 19.7 Å². The summed E-state index contributed by atoms with van der Waals surface area (Å²) in [5, 5.41) is 22.3. The summed E-state index contributed by atoms with van der Waals surface area (Å²) >= 11 is 0. The molecule has 2 N–H and O–H groups in total. The van der Waals surface area contributed by atoms with Crippen molar-refractivity contribution in [3.63, 3.8) is 0 Å². The molecule has 1 aliphatic carbocycles. The smallest absolute Gasteiger partial charge is 0.275 e. The van der Waals surface area contributed by atoms with Crippen LogP contribution in [-0.4, -0.2) is 26.0 Å². The molecular weight excluding hydrogens is 410 g/mol. The number of carbonyl (C=O) groups is 1. The number of nitro groups is 1. The van der Waals surface area contributed by atoms with Crippen LogP contribution in [0.5, 0.6) is 0 Å². The van der Waals surface area contributed by atoms with Crippen molar-refractivity contribution in [3.05, 3.63) is 50.4 Å². The Bertz CT molecular complexity index is 1010. The van der Waals surface area contributed by atoms with Gasteiger partial charge in [-0.3, -0.25) is 19.7 Å². The Morgan fingerprint density at radius 1 is 1.25 bits per heavy atom. The number of H-pyrrole nitrogens is 1. The number of benzene rings is 1. The Morgan fingerprint density at radius 3 is 2.62 bits per heavy atom. The predicted octanol–water partition coefficient (Wildman–Crippen LogP) is 4.45. The van der Waals surface area contributed by atoms with Crippen molar-refractivity contribution < 1.29 is 9.72 Å². The lowest BCUT2D eigenvalue weighted by Crippen LogP contribution is -2.45. The third kappa shape index (κ3) is 5.20. The monoisotopic (exact) mass is 441 g/mol. The van der Waals surface area contributed by atoms with Gasteiger partial charge in [-0.25, -0.2) is 0 Å². The van der Waals surface area contributed by atoms with E-state index < -0.39 is 16.5 Å². The summed E-state index contributed by atoms with van der Waals surface area (Å²) in [4.78, 5) is 39.3. The number of amides is 1. The fourth-order valence-electron chi connectivity index (χ4n) is 4.48. The molecule has 1 aromatic carbocycles. The van der Waals surface area contributed by atoms with Gasteiger partial charge < -0.3 is 10.3 Å². The first-order valence-electron chi connectivity index (χ1n) is 11.4. The molecule has 1 fully saturated rings. The molecule has 1 saturated carbocycles. The average molecular weight is 442 g/mol. The van der Waals surface area contributed by atoms with Crippen molar-refractivity contribution in [1.82, 2.24) is 20.5 Å². The largest absolute Gasteiger partial charge is 0.347 e. The molecule has 0 aliphatic heterocycles. The van der Waals surface area contributed by atoms with Crippen LogP contribution in [0.3, 0.4) is 0 Å². The third-order valence-corrected chi connectivity index (χ3v) is 6.40. The van der Waals surface area contributed by atoms with E-state index in [-0.39, 0.29) is 28.5 Å². The first kappa shape index (κ1) is 23.6. The number of carbonyl (C=O) groups excluding carboxylic acids is 1. The van der Waals surface area contributed by atoms with Gasteiger partial charge in [0, 0.05) is 23.1 Å². The fourth-order valence-corrected chi connectivity index (χ4v) is 4.48. The summed E-state index contributed by atoms with van der Waals surface area (Å²) in [6, 6.07) is 5.30. The number of rotatable bonds is 9. The van der Waals surface area contributed by atoms with Crippen molar-refractivity contribution in [2.45, 2.75) is 77.7 Å². The van der Waals surface area contributed by atoms with Gasteiger partial charge in [0.15, 0.2) is 11.5 Å². The standard InChI is InChI=1S/C23H31N5O4/c1-3-5-12-23(13-7-6-8-14-23)22(30)24-18(4-2)19-21(29)25-20(27-26-19)16-10-9-11-17(15-16)28(31)32/h9-11,15,18H,3-8,12-14H2,1-2H3,(H,24,30)(H,25,27,29). The molecule has 0 bridgehead atoms. The van der Waals surface area contributed by atoms with E-state index in [1.165, 1.54) is 18.2 Å². The summed E-state index contributed by atoms with van der Waals surface area (Å²) in [7, 11) is 0. The summed E-state index contributed by atoms with van der Waals surface area (Å²) in [5.41, 5.74) is -0.382. The van der Waals surface area contributed by atoms with Gasteiger partial charge in [-0.2, -0.15) is 0 Å². The van der Waals surface area contributed by atoms with Crippen LogP contribution >= 0.6 is 0 Å². The minimum atomic E-state index is -0.543. The maximum atomic E-state index is 13.3. The zero-order valence-corrected chi connectivity index (χ0v) is 18.7. The van der Waals surface area contributed by atoms with Crippen LogP contribution in [-0.2, 0) is 4.79 Å². The molecule has 1 amide bonds. The fraction of sp³-hybridized carbons (Fsp3) is 0.565. The average Bonchev–Trinajstić information content (AvgIpc) is 2.82. The minimum absolute atomic E-state index is 0.00135. The predicted molar refractivity (Wildman–Crippen MR) is 121 cm³/mol.